The minimum atomic E-state index is 0.296. The molecule has 2 atom stereocenters. The number of halogens is 1. The second kappa shape index (κ2) is 5.17. The molecule has 1 aromatic rings. The van der Waals surface area contributed by atoms with E-state index in [1.807, 2.05) is 11.3 Å². The van der Waals surface area contributed by atoms with Crippen molar-refractivity contribution >= 4 is 27.3 Å². The molecule has 0 saturated carbocycles. The second-order valence-electron chi connectivity index (χ2n) is 4.95. The van der Waals surface area contributed by atoms with Gasteiger partial charge in [-0.25, -0.2) is 0 Å². The van der Waals surface area contributed by atoms with Crippen molar-refractivity contribution in [3.8, 4) is 0 Å². The van der Waals surface area contributed by atoms with Gasteiger partial charge >= 0.3 is 0 Å². The van der Waals surface area contributed by atoms with E-state index < -0.39 is 0 Å². The van der Waals surface area contributed by atoms with Crippen molar-refractivity contribution < 1.29 is 0 Å². The monoisotopic (exact) mass is 302 g/mol. The first-order valence-corrected chi connectivity index (χ1v) is 7.48. The maximum absolute atomic E-state index is 6.24. The molecule has 0 aromatic carbocycles. The molecule has 2 N–H and O–H groups in total. The molecular weight excluding hydrogens is 284 g/mol. The fraction of sp³-hybridized carbons (Fsp3) is 0.667. The van der Waals surface area contributed by atoms with Gasteiger partial charge in [0.2, 0.25) is 0 Å². The quantitative estimate of drug-likeness (QED) is 0.929. The first kappa shape index (κ1) is 12.6. The van der Waals surface area contributed by atoms with E-state index in [4.69, 9.17) is 5.73 Å². The Balaban J connectivity index is 2.15. The van der Waals surface area contributed by atoms with Crippen LogP contribution in [-0.4, -0.2) is 24.0 Å². The summed E-state index contributed by atoms with van der Waals surface area (Å²) in [5.41, 5.74) is 6.24. The van der Waals surface area contributed by atoms with E-state index in [-0.39, 0.29) is 0 Å². The zero-order valence-corrected chi connectivity index (χ0v) is 12.2. The van der Waals surface area contributed by atoms with Crippen LogP contribution in [0.15, 0.2) is 15.9 Å². The summed E-state index contributed by atoms with van der Waals surface area (Å²) in [7, 11) is 0. The lowest BCUT2D eigenvalue weighted by atomic mass is 10.1. The van der Waals surface area contributed by atoms with Gasteiger partial charge < -0.3 is 5.73 Å². The summed E-state index contributed by atoms with van der Waals surface area (Å²) in [5, 5.41) is 2.15. The highest BCUT2D eigenvalue weighted by Gasteiger charge is 2.33. The Morgan fingerprint density at radius 3 is 2.94 bits per heavy atom. The predicted molar refractivity (Wildman–Crippen MR) is 73.8 cm³/mol. The van der Waals surface area contributed by atoms with Crippen LogP contribution in [-0.2, 0) is 0 Å². The molecule has 90 valence electrons. The molecule has 0 bridgehead atoms. The van der Waals surface area contributed by atoms with Gasteiger partial charge in [-0.3, -0.25) is 4.90 Å². The van der Waals surface area contributed by atoms with Crippen LogP contribution in [0.1, 0.15) is 31.2 Å². The maximum Gasteiger partial charge on any atom is 0.0594 e. The number of thiophene rings is 1. The third-order valence-corrected chi connectivity index (χ3v) is 4.79. The fourth-order valence-electron chi connectivity index (χ4n) is 2.43. The van der Waals surface area contributed by atoms with Gasteiger partial charge in [0.1, 0.15) is 0 Å². The van der Waals surface area contributed by atoms with Gasteiger partial charge in [-0.15, -0.1) is 11.3 Å². The van der Waals surface area contributed by atoms with Crippen LogP contribution >= 0.6 is 27.3 Å². The number of rotatable bonds is 3. The minimum Gasteiger partial charge on any atom is -0.326 e. The van der Waals surface area contributed by atoms with Gasteiger partial charge in [0.15, 0.2) is 0 Å². The van der Waals surface area contributed by atoms with Crippen LogP contribution in [0.25, 0.3) is 0 Å². The first-order chi connectivity index (χ1) is 7.58. The molecule has 0 aliphatic carbocycles. The van der Waals surface area contributed by atoms with Crippen molar-refractivity contribution in [2.24, 2.45) is 11.7 Å². The van der Waals surface area contributed by atoms with Gasteiger partial charge in [-0.05, 0) is 34.3 Å². The third-order valence-electron chi connectivity index (χ3n) is 3.03. The number of hydrogen-bond donors (Lipinski definition) is 1. The highest BCUT2D eigenvalue weighted by atomic mass is 79.9. The summed E-state index contributed by atoms with van der Waals surface area (Å²) in [4.78, 5) is 3.94. The number of nitrogens with zero attached hydrogens (tertiary/aromatic N) is 1. The van der Waals surface area contributed by atoms with Gasteiger partial charge in [-0.2, -0.15) is 0 Å². The number of likely N-dealkylation sites (tertiary alicyclic amines) is 1. The maximum atomic E-state index is 6.24. The van der Waals surface area contributed by atoms with E-state index in [0.717, 1.165) is 19.5 Å². The lowest BCUT2D eigenvalue weighted by molar-refractivity contribution is 0.224. The smallest absolute Gasteiger partial charge is 0.0594 e. The van der Waals surface area contributed by atoms with E-state index >= 15 is 0 Å². The van der Waals surface area contributed by atoms with E-state index in [9.17, 15) is 0 Å². The summed E-state index contributed by atoms with van der Waals surface area (Å²) < 4.78 is 1.18. The van der Waals surface area contributed by atoms with Crippen molar-refractivity contribution in [3.05, 3.63) is 20.8 Å². The van der Waals surface area contributed by atoms with Crippen LogP contribution < -0.4 is 5.73 Å². The zero-order chi connectivity index (χ0) is 11.7. The van der Waals surface area contributed by atoms with Gasteiger partial charge in [0.25, 0.3) is 0 Å². The van der Waals surface area contributed by atoms with Crippen LogP contribution in [0.2, 0.25) is 0 Å². The third kappa shape index (κ3) is 2.67. The Hall–Kier alpha value is 0.1000. The van der Waals surface area contributed by atoms with Crippen molar-refractivity contribution in [2.75, 3.05) is 13.1 Å². The summed E-state index contributed by atoms with van der Waals surface area (Å²) in [6, 6.07) is 2.94. The standard InChI is InChI=1S/C12H19BrN2S/c1-8(2)6-15-4-3-10(14)12(15)11-5-9(13)7-16-11/h5,7-8,10,12H,3-4,6,14H2,1-2H3. The summed E-state index contributed by atoms with van der Waals surface area (Å²) >= 11 is 5.33. The van der Waals surface area contributed by atoms with Gasteiger partial charge in [0.05, 0.1) is 6.04 Å². The van der Waals surface area contributed by atoms with Crippen molar-refractivity contribution in [2.45, 2.75) is 32.4 Å². The van der Waals surface area contributed by atoms with Crippen LogP contribution in [0.4, 0.5) is 0 Å². The Morgan fingerprint density at radius 2 is 2.38 bits per heavy atom. The normalized spacial score (nSPS) is 26.8. The molecule has 0 amide bonds. The van der Waals surface area contributed by atoms with E-state index in [2.05, 4.69) is 46.1 Å². The molecule has 1 saturated heterocycles. The van der Waals surface area contributed by atoms with E-state index in [1.54, 1.807) is 0 Å². The van der Waals surface area contributed by atoms with Crippen LogP contribution in [0.5, 0.6) is 0 Å². The zero-order valence-electron chi connectivity index (χ0n) is 9.82. The molecule has 16 heavy (non-hydrogen) atoms. The topological polar surface area (TPSA) is 29.3 Å². The summed E-state index contributed by atoms with van der Waals surface area (Å²) in [6.45, 7) is 6.82. The van der Waals surface area contributed by atoms with E-state index in [1.165, 1.54) is 9.35 Å². The van der Waals surface area contributed by atoms with Crippen LogP contribution in [0, 0.1) is 5.92 Å². The van der Waals surface area contributed by atoms with E-state index in [0.29, 0.717) is 18.0 Å². The first-order valence-electron chi connectivity index (χ1n) is 5.81. The highest BCUT2D eigenvalue weighted by molar-refractivity contribution is 9.10. The summed E-state index contributed by atoms with van der Waals surface area (Å²) in [5.74, 6) is 0.705. The van der Waals surface area contributed by atoms with Crippen molar-refractivity contribution in [1.82, 2.24) is 4.90 Å². The lowest BCUT2D eigenvalue weighted by Gasteiger charge is -2.27. The average molecular weight is 303 g/mol. The largest absolute Gasteiger partial charge is 0.326 e. The van der Waals surface area contributed by atoms with Crippen molar-refractivity contribution in [3.63, 3.8) is 0 Å². The Labute approximate surface area is 110 Å². The summed E-state index contributed by atoms with van der Waals surface area (Å²) in [6.07, 6.45) is 1.12. The number of nitrogens with two attached hydrogens (primary N) is 1. The Morgan fingerprint density at radius 1 is 1.62 bits per heavy atom. The van der Waals surface area contributed by atoms with Crippen LogP contribution in [0.3, 0.4) is 0 Å². The Bertz CT molecular complexity index is 351. The molecular formula is C12H19BrN2S. The fourth-order valence-corrected chi connectivity index (χ4v) is 4.08. The second-order valence-corrected chi connectivity index (χ2v) is 6.81. The Kier molecular flexibility index (Phi) is 4.06. The molecule has 0 radical (unpaired) electrons. The molecule has 1 aliphatic heterocycles. The molecule has 2 nitrogen and oxygen atoms in total. The lowest BCUT2D eigenvalue weighted by Crippen LogP contribution is -2.33. The highest BCUT2D eigenvalue weighted by Crippen LogP contribution is 2.36. The number of hydrogen-bond acceptors (Lipinski definition) is 3. The molecule has 0 spiro atoms. The molecule has 2 unspecified atom stereocenters. The van der Waals surface area contributed by atoms with Crippen molar-refractivity contribution in [1.29, 1.82) is 0 Å². The van der Waals surface area contributed by atoms with Gasteiger partial charge in [0, 0.05) is 33.9 Å². The van der Waals surface area contributed by atoms with Gasteiger partial charge in [-0.1, -0.05) is 13.8 Å². The molecule has 2 rings (SSSR count). The average Bonchev–Trinajstić information content (AvgIpc) is 2.73. The molecule has 1 fully saturated rings. The predicted octanol–water partition coefficient (Wildman–Crippen LogP) is 3.24. The molecule has 1 aliphatic rings. The molecule has 4 heteroatoms. The SMILES string of the molecule is CC(C)CN1CCC(N)C1c1cc(Br)cs1. The molecule has 1 aromatic heterocycles. The minimum absolute atomic E-state index is 0.296. The molecule has 2 heterocycles.